The van der Waals surface area contributed by atoms with Crippen LogP contribution in [0.15, 0.2) is 58.5 Å². The Bertz CT molecular complexity index is 1340. The third-order valence-electron chi connectivity index (χ3n) is 5.58. The van der Waals surface area contributed by atoms with Crippen LogP contribution in [0.2, 0.25) is 0 Å². The molecule has 3 amide bonds. The summed E-state index contributed by atoms with van der Waals surface area (Å²) < 4.78 is 4.91. The highest BCUT2D eigenvalue weighted by Crippen LogP contribution is 2.40. The molecule has 0 spiro atoms. The summed E-state index contributed by atoms with van der Waals surface area (Å²) >= 11 is 1.21. The van der Waals surface area contributed by atoms with Gasteiger partial charge in [0, 0.05) is 24.3 Å². The quantitative estimate of drug-likeness (QED) is 0.258. The monoisotopic (exact) mass is 527 g/mol. The maximum atomic E-state index is 13.3. The molecule has 14 heteroatoms. The molecule has 0 radical (unpaired) electrons. The van der Waals surface area contributed by atoms with Crippen LogP contribution in [0.3, 0.4) is 0 Å². The number of ether oxygens (including phenoxy) is 1. The molecular weight excluding hydrogens is 506 g/mol. The normalized spacial score (nSPS) is 19.3. The number of carbonyl (C=O) groups excluding carboxylic acids is 4. The molecule has 3 heterocycles. The van der Waals surface area contributed by atoms with E-state index in [1.807, 2.05) is 0 Å². The molecule has 1 aromatic carbocycles. The van der Waals surface area contributed by atoms with Crippen LogP contribution in [0.25, 0.3) is 0 Å². The van der Waals surface area contributed by atoms with Crippen LogP contribution < -0.4 is 16.2 Å². The average Bonchev–Trinajstić information content (AvgIpc) is 2.88. The number of amides is 3. The van der Waals surface area contributed by atoms with Gasteiger partial charge < -0.3 is 20.5 Å². The van der Waals surface area contributed by atoms with Crippen LogP contribution in [-0.4, -0.2) is 73.6 Å². The number of hydrogen-bond acceptors (Lipinski definition) is 9. The second-order valence-electron chi connectivity index (χ2n) is 8.06. The molecular formula is C23H21N5O8S. The van der Waals surface area contributed by atoms with Gasteiger partial charge >= 0.3 is 11.9 Å². The van der Waals surface area contributed by atoms with E-state index in [-0.39, 0.29) is 29.3 Å². The fourth-order valence-corrected chi connectivity index (χ4v) is 5.17. The number of carboxylic acid groups (broad SMARTS) is 1. The number of nitrogens with zero attached hydrogens (tertiary/aromatic N) is 2. The number of aromatic amines is 1. The van der Waals surface area contributed by atoms with E-state index in [0.717, 1.165) is 11.0 Å². The summed E-state index contributed by atoms with van der Waals surface area (Å²) in [6.07, 6.45) is 0. The van der Waals surface area contributed by atoms with Crippen molar-refractivity contribution in [2.45, 2.75) is 24.4 Å². The summed E-state index contributed by atoms with van der Waals surface area (Å²) in [5, 5.41) is 19.9. The van der Waals surface area contributed by atoms with Crippen molar-refractivity contribution in [1.82, 2.24) is 25.7 Å². The third kappa shape index (κ3) is 5.38. The minimum absolute atomic E-state index is 0.126. The molecule has 0 saturated carbocycles. The molecule has 4 N–H and O–H groups in total. The predicted molar refractivity (Wildman–Crippen MR) is 128 cm³/mol. The van der Waals surface area contributed by atoms with E-state index in [4.69, 9.17) is 4.74 Å². The number of carboxylic acids is 1. The van der Waals surface area contributed by atoms with E-state index >= 15 is 0 Å². The lowest BCUT2D eigenvalue weighted by Crippen LogP contribution is -2.71. The molecule has 2 aliphatic heterocycles. The number of H-pyrrole nitrogens is 1. The lowest BCUT2D eigenvalue weighted by Gasteiger charge is -2.49. The smallest absolute Gasteiger partial charge is 0.352 e. The Morgan fingerprint density at radius 3 is 2.54 bits per heavy atom. The Kier molecular flexibility index (Phi) is 7.38. The Morgan fingerprint density at radius 1 is 1.19 bits per heavy atom. The molecule has 1 unspecified atom stereocenters. The maximum absolute atomic E-state index is 13.3. The van der Waals surface area contributed by atoms with Crippen LogP contribution >= 0.6 is 11.8 Å². The number of nitrogens with one attached hydrogen (secondary N) is 3. The second-order valence-corrected chi connectivity index (χ2v) is 9.16. The first-order valence-corrected chi connectivity index (χ1v) is 12.0. The van der Waals surface area contributed by atoms with Gasteiger partial charge in [-0.15, -0.1) is 11.8 Å². The number of aliphatic carboxylic acids is 1. The van der Waals surface area contributed by atoms with Gasteiger partial charge in [0.1, 0.15) is 35.5 Å². The first kappa shape index (κ1) is 25.6. The van der Waals surface area contributed by atoms with Gasteiger partial charge in [0.25, 0.3) is 17.4 Å². The van der Waals surface area contributed by atoms with Gasteiger partial charge in [0.05, 0.1) is 0 Å². The summed E-state index contributed by atoms with van der Waals surface area (Å²) in [6, 6.07) is 8.34. The first-order chi connectivity index (χ1) is 17.7. The number of β-lactam (4-membered cyclic amide) rings is 1. The highest BCUT2D eigenvalue weighted by Gasteiger charge is 2.54. The molecule has 1 aromatic heterocycles. The molecule has 13 nitrogen and oxygen atoms in total. The van der Waals surface area contributed by atoms with Crippen LogP contribution in [-0.2, 0) is 23.9 Å². The highest BCUT2D eigenvalue weighted by atomic mass is 32.2. The van der Waals surface area contributed by atoms with Gasteiger partial charge in [0.2, 0.25) is 5.91 Å². The fourth-order valence-electron chi connectivity index (χ4n) is 3.84. The van der Waals surface area contributed by atoms with Gasteiger partial charge in [-0.25, -0.2) is 9.89 Å². The van der Waals surface area contributed by atoms with Crippen molar-refractivity contribution in [1.29, 1.82) is 0 Å². The zero-order valence-corrected chi connectivity index (χ0v) is 20.1. The van der Waals surface area contributed by atoms with Crippen LogP contribution in [0.4, 0.5) is 0 Å². The van der Waals surface area contributed by atoms with Gasteiger partial charge in [-0.1, -0.05) is 30.3 Å². The predicted octanol–water partition coefficient (Wildman–Crippen LogP) is -0.457. The SMILES string of the molecule is CC(=O)OCC1=C(C(=O)O)N2C(=O)[C@H](NC(=O)C(NC(=O)c3ccc(=O)[nH]n3)c3ccccc3)[C@H]2SC1. The van der Waals surface area contributed by atoms with Crippen molar-refractivity contribution in [2.24, 2.45) is 0 Å². The Balaban J connectivity index is 1.52. The van der Waals surface area contributed by atoms with Gasteiger partial charge in [-0.2, -0.15) is 5.10 Å². The number of thioether (sulfide) groups is 1. The van der Waals surface area contributed by atoms with E-state index in [0.29, 0.717) is 5.56 Å². The minimum atomic E-state index is -1.35. The molecule has 192 valence electrons. The zero-order valence-electron chi connectivity index (χ0n) is 19.3. The molecule has 1 fully saturated rings. The Labute approximate surface area is 213 Å². The van der Waals surface area contributed by atoms with Crippen LogP contribution in [0, 0.1) is 0 Å². The summed E-state index contributed by atoms with van der Waals surface area (Å²) in [7, 11) is 0. The Morgan fingerprint density at radius 2 is 1.92 bits per heavy atom. The fraction of sp³-hybridized carbons (Fsp3) is 0.261. The number of carbonyl (C=O) groups is 5. The van der Waals surface area contributed by atoms with Crippen molar-refractivity contribution in [3.63, 3.8) is 0 Å². The number of aromatic nitrogens is 2. The zero-order chi connectivity index (χ0) is 26.7. The van der Waals surface area contributed by atoms with Crippen molar-refractivity contribution in [2.75, 3.05) is 12.4 Å². The third-order valence-corrected chi connectivity index (χ3v) is 6.92. The summed E-state index contributed by atoms with van der Waals surface area (Å²) in [5.74, 6) is -3.85. The lowest BCUT2D eigenvalue weighted by molar-refractivity contribution is -0.151. The second kappa shape index (κ2) is 10.7. The average molecular weight is 528 g/mol. The van der Waals surface area contributed by atoms with Gasteiger partial charge in [-0.05, 0) is 11.6 Å². The lowest BCUT2D eigenvalue weighted by atomic mass is 10.0. The molecule has 37 heavy (non-hydrogen) atoms. The maximum Gasteiger partial charge on any atom is 0.352 e. The summed E-state index contributed by atoms with van der Waals surface area (Å²) in [4.78, 5) is 74.2. The van der Waals surface area contributed by atoms with E-state index in [2.05, 4.69) is 20.8 Å². The molecule has 4 rings (SSSR count). The number of rotatable bonds is 8. The van der Waals surface area contributed by atoms with Gasteiger partial charge in [-0.3, -0.25) is 28.9 Å². The number of hydrogen-bond donors (Lipinski definition) is 4. The van der Waals surface area contributed by atoms with Crippen LogP contribution in [0.1, 0.15) is 29.0 Å². The number of benzene rings is 1. The summed E-state index contributed by atoms with van der Waals surface area (Å²) in [5.41, 5.74) is -0.216. The van der Waals surface area contributed by atoms with E-state index < -0.39 is 52.7 Å². The number of fused-ring (bicyclic) bond motifs is 1. The van der Waals surface area contributed by atoms with Crippen molar-refractivity contribution < 1.29 is 33.8 Å². The Hall–Kier alpha value is -4.46. The molecule has 2 aliphatic rings. The molecule has 1 saturated heterocycles. The standard InChI is InChI=1S/C23H21N5O8S/c1-11(29)36-9-13-10-37-22-17(21(33)28(22)18(13)23(34)35)25-20(32)16(12-5-3-2-4-6-12)24-19(31)14-7-8-15(30)27-26-14/h2-8,16-17,22H,9-10H2,1H3,(H,24,31)(H,25,32)(H,27,30)(H,34,35)/t16?,17-,22+/m0/s1. The largest absolute Gasteiger partial charge is 0.477 e. The molecule has 0 bridgehead atoms. The van der Waals surface area contributed by atoms with Crippen molar-refractivity contribution in [3.05, 3.63) is 75.3 Å². The van der Waals surface area contributed by atoms with Crippen molar-refractivity contribution in [3.8, 4) is 0 Å². The van der Waals surface area contributed by atoms with Crippen LogP contribution in [0.5, 0.6) is 0 Å². The first-order valence-electron chi connectivity index (χ1n) is 10.9. The molecule has 2 aromatic rings. The van der Waals surface area contributed by atoms with Crippen molar-refractivity contribution >= 4 is 41.4 Å². The molecule has 0 aliphatic carbocycles. The highest BCUT2D eigenvalue weighted by molar-refractivity contribution is 8.00. The van der Waals surface area contributed by atoms with Gasteiger partial charge in [0.15, 0.2) is 0 Å². The van der Waals surface area contributed by atoms with E-state index in [9.17, 15) is 33.9 Å². The number of esters is 1. The minimum Gasteiger partial charge on any atom is -0.477 e. The van der Waals surface area contributed by atoms with E-state index in [1.165, 1.54) is 24.8 Å². The summed E-state index contributed by atoms with van der Waals surface area (Å²) in [6.45, 7) is 0.924. The van der Waals surface area contributed by atoms with E-state index in [1.54, 1.807) is 30.3 Å². The topological polar surface area (TPSA) is 188 Å². The molecule has 3 atom stereocenters.